The molecule has 1 aromatic heterocycles. The molecule has 0 spiro atoms. The van der Waals surface area contributed by atoms with Gasteiger partial charge in [0.15, 0.2) is 5.76 Å². The van der Waals surface area contributed by atoms with Gasteiger partial charge >= 0.3 is 11.9 Å². The van der Waals surface area contributed by atoms with Crippen molar-refractivity contribution in [2.75, 3.05) is 19.5 Å². The highest BCUT2D eigenvalue weighted by atomic mass is 16.5. The van der Waals surface area contributed by atoms with Gasteiger partial charge in [0.2, 0.25) is 0 Å². The first kappa shape index (κ1) is 22.6. The Kier molecular flexibility index (Phi) is 7.28. The zero-order valence-corrected chi connectivity index (χ0v) is 18.0. The number of carbonyl (C=O) groups is 3. The summed E-state index contributed by atoms with van der Waals surface area (Å²) in [5.74, 6) is -0.659. The molecule has 0 aliphatic carbocycles. The lowest BCUT2D eigenvalue weighted by Crippen LogP contribution is -2.13. The summed E-state index contributed by atoms with van der Waals surface area (Å²) in [5.41, 5.74) is 1.60. The van der Waals surface area contributed by atoms with E-state index >= 15 is 0 Å². The SMILES string of the molecule is CCc1ccc(OCc2ccc(C(=O)Nc3cc(C(=O)OC)cc(C(=O)OC)c3)o2)cc1. The van der Waals surface area contributed by atoms with E-state index in [0.717, 1.165) is 6.42 Å². The molecule has 0 aliphatic rings. The summed E-state index contributed by atoms with van der Waals surface area (Å²) in [6.07, 6.45) is 0.945. The molecular weight excluding hydrogens is 414 g/mol. The highest BCUT2D eigenvalue weighted by molar-refractivity contribution is 6.04. The molecule has 0 saturated heterocycles. The van der Waals surface area contributed by atoms with Gasteiger partial charge in [-0.1, -0.05) is 19.1 Å². The van der Waals surface area contributed by atoms with Crippen molar-refractivity contribution in [2.45, 2.75) is 20.0 Å². The second-order valence-electron chi connectivity index (χ2n) is 6.79. The van der Waals surface area contributed by atoms with Crippen LogP contribution < -0.4 is 10.1 Å². The largest absolute Gasteiger partial charge is 0.486 e. The lowest BCUT2D eigenvalue weighted by Gasteiger charge is -2.09. The molecule has 0 atom stereocenters. The van der Waals surface area contributed by atoms with Crippen LogP contribution in [0.15, 0.2) is 59.0 Å². The molecule has 0 fully saturated rings. The Bertz CT molecular complexity index is 1080. The van der Waals surface area contributed by atoms with Crippen LogP contribution in [0.25, 0.3) is 0 Å². The molecule has 0 radical (unpaired) electrons. The first-order chi connectivity index (χ1) is 15.4. The third-order valence-corrected chi connectivity index (χ3v) is 4.63. The van der Waals surface area contributed by atoms with Crippen molar-refractivity contribution in [3.05, 3.63) is 82.8 Å². The van der Waals surface area contributed by atoms with Gasteiger partial charge in [0.1, 0.15) is 18.1 Å². The average Bonchev–Trinajstić information content (AvgIpc) is 3.31. The third kappa shape index (κ3) is 5.54. The van der Waals surface area contributed by atoms with Crippen LogP contribution in [-0.2, 0) is 22.5 Å². The predicted octanol–water partition coefficient (Wildman–Crippen LogP) is 4.25. The zero-order valence-electron chi connectivity index (χ0n) is 18.0. The van der Waals surface area contributed by atoms with E-state index in [1.165, 1.54) is 44.0 Å². The van der Waals surface area contributed by atoms with Crippen molar-refractivity contribution < 1.29 is 33.0 Å². The quantitative estimate of drug-likeness (QED) is 0.526. The minimum Gasteiger partial charge on any atom is -0.486 e. The van der Waals surface area contributed by atoms with Gasteiger partial charge in [-0.15, -0.1) is 0 Å². The molecule has 0 unspecified atom stereocenters. The van der Waals surface area contributed by atoms with Gasteiger partial charge in [-0.2, -0.15) is 0 Å². The zero-order chi connectivity index (χ0) is 23.1. The number of esters is 2. The number of methoxy groups -OCH3 is 2. The summed E-state index contributed by atoms with van der Waals surface area (Å²) in [4.78, 5) is 36.4. The molecule has 32 heavy (non-hydrogen) atoms. The topological polar surface area (TPSA) is 104 Å². The number of amides is 1. The summed E-state index contributed by atoms with van der Waals surface area (Å²) in [6.45, 7) is 2.23. The number of rotatable bonds is 8. The molecule has 2 aromatic carbocycles. The third-order valence-electron chi connectivity index (χ3n) is 4.63. The Morgan fingerprint density at radius 1 is 0.875 bits per heavy atom. The van der Waals surface area contributed by atoms with Crippen LogP contribution in [0.2, 0.25) is 0 Å². The Balaban J connectivity index is 1.69. The summed E-state index contributed by atoms with van der Waals surface area (Å²) in [7, 11) is 2.44. The number of hydrogen-bond acceptors (Lipinski definition) is 7. The van der Waals surface area contributed by atoms with Gasteiger partial charge in [-0.3, -0.25) is 4.79 Å². The molecule has 3 aromatic rings. The maximum atomic E-state index is 12.6. The van der Waals surface area contributed by atoms with E-state index in [2.05, 4.69) is 12.2 Å². The van der Waals surface area contributed by atoms with Crippen molar-refractivity contribution in [3.8, 4) is 5.75 Å². The Labute approximate surface area is 185 Å². The lowest BCUT2D eigenvalue weighted by molar-refractivity contribution is 0.0599. The molecule has 8 nitrogen and oxygen atoms in total. The molecule has 1 N–H and O–H groups in total. The number of aryl methyl sites for hydroxylation is 1. The maximum Gasteiger partial charge on any atom is 0.337 e. The van der Waals surface area contributed by atoms with Crippen molar-refractivity contribution in [2.24, 2.45) is 0 Å². The Morgan fingerprint density at radius 2 is 1.50 bits per heavy atom. The monoisotopic (exact) mass is 437 g/mol. The molecular formula is C24H23NO7. The highest BCUT2D eigenvalue weighted by Gasteiger charge is 2.17. The number of nitrogens with one attached hydrogen (secondary N) is 1. The van der Waals surface area contributed by atoms with Crippen LogP contribution in [0.1, 0.15) is 49.5 Å². The van der Waals surface area contributed by atoms with Gasteiger partial charge in [0.05, 0.1) is 25.3 Å². The fraction of sp³-hybridized carbons (Fsp3) is 0.208. The maximum absolute atomic E-state index is 12.6. The fourth-order valence-corrected chi connectivity index (χ4v) is 2.92. The van der Waals surface area contributed by atoms with Gasteiger partial charge in [0, 0.05) is 5.69 Å². The van der Waals surface area contributed by atoms with E-state index in [4.69, 9.17) is 18.6 Å². The molecule has 1 amide bonds. The van der Waals surface area contributed by atoms with Crippen molar-refractivity contribution >= 4 is 23.5 Å². The van der Waals surface area contributed by atoms with Crippen molar-refractivity contribution in [3.63, 3.8) is 0 Å². The predicted molar refractivity (Wildman–Crippen MR) is 116 cm³/mol. The number of benzene rings is 2. The Morgan fingerprint density at radius 3 is 2.06 bits per heavy atom. The second kappa shape index (κ2) is 10.3. The van der Waals surface area contributed by atoms with Crippen LogP contribution in [0, 0.1) is 0 Å². The number of ether oxygens (including phenoxy) is 3. The molecule has 3 rings (SSSR count). The van der Waals surface area contributed by atoms with Crippen LogP contribution in [0.4, 0.5) is 5.69 Å². The summed E-state index contributed by atoms with van der Waals surface area (Å²) < 4.78 is 20.6. The van der Waals surface area contributed by atoms with E-state index in [1.54, 1.807) is 6.07 Å². The van der Waals surface area contributed by atoms with Crippen LogP contribution in [0.3, 0.4) is 0 Å². The fourth-order valence-electron chi connectivity index (χ4n) is 2.92. The number of hydrogen-bond donors (Lipinski definition) is 1. The summed E-state index contributed by atoms with van der Waals surface area (Å²) in [5, 5.41) is 2.61. The van der Waals surface area contributed by atoms with E-state index in [-0.39, 0.29) is 29.2 Å². The first-order valence-corrected chi connectivity index (χ1v) is 9.87. The standard InChI is InChI=1S/C24H23NO7/c1-4-15-5-7-19(8-6-15)31-14-20-9-10-21(32-20)22(26)25-18-12-16(23(27)29-2)11-17(13-18)24(28)30-3/h5-13H,4,14H2,1-3H3,(H,25,26). The summed E-state index contributed by atoms with van der Waals surface area (Å²) in [6, 6.07) is 15.0. The smallest absolute Gasteiger partial charge is 0.337 e. The van der Waals surface area contributed by atoms with Crippen LogP contribution in [0.5, 0.6) is 5.75 Å². The minimum atomic E-state index is -0.657. The molecule has 0 saturated carbocycles. The molecule has 0 aliphatic heterocycles. The van der Waals surface area contributed by atoms with Crippen LogP contribution in [-0.4, -0.2) is 32.1 Å². The molecule has 1 heterocycles. The van der Waals surface area contributed by atoms with Gasteiger partial charge in [0.25, 0.3) is 5.91 Å². The molecule has 8 heteroatoms. The summed E-state index contributed by atoms with van der Waals surface area (Å²) >= 11 is 0. The average molecular weight is 437 g/mol. The number of anilines is 1. The van der Waals surface area contributed by atoms with Gasteiger partial charge < -0.3 is 23.9 Å². The molecule has 0 bridgehead atoms. The van der Waals surface area contributed by atoms with E-state index in [9.17, 15) is 14.4 Å². The van der Waals surface area contributed by atoms with E-state index in [0.29, 0.717) is 11.5 Å². The second-order valence-corrected chi connectivity index (χ2v) is 6.79. The van der Waals surface area contributed by atoms with Gasteiger partial charge in [-0.25, -0.2) is 9.59 Å². The molecule has 166 valence electrons. The van der Waals surface area contributed by atoms with Crippen LogP contribution >= 0.6 is 0 Å². The Hall–Kier alpha value is -4.07. The number of carbonyl (C=O) groups excluding carboxylic acids is 3. The van der Waals surface area contributed by atoms with E-state index in [1.807, 2.05) is 24.3 Å². The van der Waals surface area contributed by atoms with Crippen molar-refractivity contribution in [1.29, 1.82) is 0 Å². The normalized spacial score (nSPS) is 10.3. The van der Waals surface area contributed by atoms with Gasteiger partial charge in [-0.05, 0) is 54.4 Å². The lowest BCUT2D eigenvalue weighted by atomic mass is 10.1. The van der Waals surface area contributed by atoms with E-state index < -0.39 is 17.8 Å². The minimum absolute atomic E-state index is 0.0491. The van der Waals surface area contributed by atoms with Crippen molar-refractivity contribution in [1.82, 2.24) is 0 Å². The number of furan rings is 1. The highest BCUT2D eigenvalue weighted by Crippen LogP contribution is 2.20. The first-order valence-electron chi connectivity index (χ1n) is 9.87.